The number of amides is 1. The molecule has 3 N–H and O–H groups in total. The number of carbonyl (C=O) groups excluding carboxylic acids is 1. The van der Waals surface area contributed by atoms with Gasteiger partial charge in [0.2, 0.25) is 5.82 Å². The van der Waals surface area contributed by atoms with E-state index < -0.39 is 11.7 Å². The fourth-order valence-electron chi connectivity index (χ4n) is 2.46. The molecule has 30 heavy (non-hydrogen) atoms. The zero-order valence-corrected chi connectivity index (χ0v) is 18.2. The molecule has 10 nitrogen and oxygen atoms in total. The number of benzene rings is 1. The zero-order valence-electron chi connectivity index (χ0n) is 16.6. The molecule has 1 aromatic carbocycles. The number of anilines is 1. The largest absolute Gasteiger partial charge is 0.300 e. The Kier molecular flexibility index (Phi) is 5.99. The first-order chi connectivity index (χ1) is 14.1. The van der Waals surface area contributed by atoms with Crippen molar-refractivity contribution in [1.82, 2.24) is 25.6 Å². The van der Waals surface area contributed by atoms with E-state index in [9.17, 15) is 14.4 Å². The summed E-state index contributed by atoms with van der Waals surface area (Å²) in [5.74, 6) is -1.20. The van der Waals surface area contributed by atoms with E-state index in [4.69, 9.17) is 4.63 Å². The number of nitrogens with one attached hydrogen (secondary N) is 2. The molecule has 0 radical (unpaired) electrons. The molecular weight excluding hydrogens is 461 g/mol. The molecule has 0 spiro atoms. The Morgan fingerprint density at radius 2 is 2.03 bits per heavy atom. The van der Waals surface area contributed by atoms with Crippen LogP contribution in [0.3, 0.4) is 0 Å². The van der Waals surface area contributed by atoms with Gasteiger partial charge in [-0.2, -0.15) is 5.10 Å². The van der Waals surface area contributed by atoms with Gasteiger partial charge in [0.05, 0.1) is 15.9 Å². The third kappa shape index (κ3) is 4.54. The van der Waals surface area contributed by atoms with Crippen molar-refractivity contribution < 1.29 is 19.0 Å². The van der Waals surface area contributed by atoms with Gasteiger partial charge in [0.15, 0.2) is 11.5 Å². The Morgan fingerprint density at radius 3 is 2.63 bits per heavy atom. The molecule has 158 valence electrons. The smallest absolute Gasteiger partial charge is 0.275 e. The predicted molar refractivity (Wildman–Crippen MR) is 109 cm³/mol. The second-order valence-corrected chi connectivity index (χ2v) is 8.23. The fraction of sp³-hybridized carbons (Fsp3) is 0.278. The lowest BCUT2D eigenvalue weighted by molar-refractivity contribution is 0.101. The summed E-state index contributed by atoms with van der Waals surface area (Å²) in [7, 11) is 1.65. The van der Waals surface area contributed by atoms with Gasteiger partial charge < -0.3 is 5.32 Å². The molecule has 0 aliphatic rings. The zero-order chi connectivity index (χ0) is 22.1. The molecule has 0 unspecified atom stereocenters. The van der Waals surface area contributed by atoms with E-state index in [1.807, 2.05) is 26.3 Å². The van der Waals surface area contributed by atoms with Crippen molar-refractivity contribution in [2.45, 2.75) is 26.2 Å². The van der Waals surface area contributed by atoms with Gasteiger partial charge in [-0.3, -0.25) is 20.2 Å². The summed E-state index contributed by atoms with van der Waals surface area (Å²) in [5, 5.41) is 23.8. The molecule has 12 heteroatoms. The van der Waals surface area contributed by atoms with Crippen LogP contribution < -0.4 is 10.8 Å². The highest BCUT2D eigenvalue weighted by atomic mass is 79.9. The number of aryl methyl sites for hydroxylation is 1. The third-order valence-electron chi connectivity index (χ3n) is 4.08. The van der Waals surface area contributed by atoms with Crippen molar-refractivity contribution in [1.29, 1.82) is 0 Å². The number of amidine groups is 1. The maximum Gasteiger partial charge on any atom is 0.275 e. The van der Waals surface area contributed by atoms with Crippen LogP contribution in [0.15, 0.2) is 38.4 Å². The summed E-state index contributed by atoms with van der Waals surface area (Å²) in [6, 6.07) is 5.68. The molecule has 0 aliphatic heterocycles. The summed E-state index contributed by atoms with van der Waals surface area (Å²) in [5.41, 5.74) is 2.95. The Balaban J connectivity index is 1.89. The first-order valence-electron chi connectivity index (χ1n) is 8.73. The van der Waals surface area contributed by atoms with E-state index in [-0.39, 0.29) is 27.2 Å². The molecule has 3 rings (SSSR count). The molecule has 0 atom stereocenters. The average Bonchev–Trinajstić information content (AvgIpc) is 3.29. The summed E-state index contributed by atoms with van der Waals surface area (Å²) in [4.78, 5) is 16.9. The van der Waals surface area contributed by atoms with Crippen molar-refractivity contribution in [2.24, 2.45) is 12.0 Å². The highest BCUT2D eigenvalue weighted by molar-refractivity contribution is 9.10. The lowest BCUT2D eigenvalue weighted by Crippen LogP contribution is -2.24. The van der Waals surface area contributed by atoms with Gasteiger partial charge >= 0.3 is 0 Å². The highest BCUT2D eigenvalue weighted by Gasteiger charge is 2.24. The predicted octanol–water partition coefficient (Wildman–Crippen LogP) is 3.31. The fourth-order valence-corrected chi connectivity index (χ4v) is 2.83. The molecule has 1 amide bonds. The van der Waals surface area contributed by atoms with Gasteiger partial charge in [0, 0.05) is 12.5 Å². The van der Waals surface area contributed by atoms with Gasteiger partial charge in [0.25, 0.3) is 5.91 Å². The lowest BCUT2D eigenvalue weighted by atomic mass is 9.92. The van der Waals surface area contributed by atoms with Gasteiger partial charge in [-0.25, -0.2) is 14.0 Å². The summed E-state index contributed by atoms with van der Waals surface area (Å²) >= 11 is 3.06. The molecule has 0 saturated heterocycles. The number of rotatable bonds is 4. The Hall–Kier alpha value is -3.12. The maximum absolute atomic E-state index is 13.4. The molecule has 0 aliphatic carbocycles. The second-order valence-electron chi connectivity index (χ2n) is 7.37. The number of carbonyl (C=O) groups is 1. The van der Waals surface area contributed by atoms with Crippen LogP contribution in [0, 0.1) is 5.82 Å². The van der Waals surface area contributed by atoms with Gasteiger partial charge in [-0.15, -0.1) is 0 Å². The maximum atomic E-state index is 13.4. The van der Waals surface area contributed by atoms with Crippen LogP contribution in [-0.4, -0.2) is 37.0 Å². The molecule has 0 bridgehead atoms. The number of hydroxylamine groups is 1. The topological polar surface area (TPSA) is 130 Å². The Labute approximate surface area is 179 Å². The van der Waals surface area contributed by atoms with Crippen LogP contribution in [-0.2, 0) is 12.5 Å². The molecular formula is C18H19BrFN7O3. The molecule has 3 aromatic rings. The summed E-state index contributed by atoms with van der Waals surface area (Å²) in [6.07, 6.45) is 0. The second kappa shape index (κ2) is 8.32. The SMILES string of the molecule is Cn1nc(C(C)(C)C)cc1C(=O)Nc1nonc1C(=Nc1ccc(F)c(Br)c1)NO. The van der Waals surface area contributed by atoms with E-state index in [0.29, 0.717) is 11.4 Å². The standard InChI is InChI=1S/C18H19BrFN7O3/c1-18(2,3)13-8-12(27(4)23-13)17(28)22-16-14(25-30-26-16)15(24-29)21-9-5-6-11(20)10(19)7-9/h5-8,29H,1-4H3,(H,21,24)(H,22,26,28). The van der Waals surface area contributed by atoms with E-state index in [1.165, 1.54) is 22.9 Å². The van der Waals surface area contributed by atoms with Gasteiger partial charge in [-0.05, 0) is 50.5 Å². The number of hydrogen-bond acceptors (Lipinski definition) is 7. The van der Waals surface area contributed by atoms with Gasteiger partial charge in [0.1, 0.15) is 11.5 Å². The van der Waals surface area contributed by atoms with E-state index >= 15 is 0 Å². The normalized spacial score (nSPS) is 12.2. The number of halogens is 2. The Bertz CT molecular complexity index is 1120. The molecule has 0 fully saturated rings. The van der Waals surface area contributed by atoms with E-state index in [1.54, 1.807) is 13.1 Å². The van der Waals surface area contributed by atoms with Crippen molar-refractivity contribution >= 4 is 39.2 Å². The molecule has 2 heterocycles. The molecule has 2 aromatic heterocycles. The third-order valence-corrected chi connectivity index (χ3v) is 4.68. The van der Waals surface area contributed by atoms with E-state index in [0.717, 1.165) is 5.69 Å². The van der Waals surface area contributed by atoms with Crippen LogP contribution in [0.4, 0.5) is 15.9 Å². The quantitative estimate of drug-likeness (QED) is 0.297. The highest BCUT2D eigenvalue weighted by Crippen LogP contribution is 2.24. The number of aliphatic imine (C=N–C) groups is 1. The van der Waals surface area contributed by atoms with E-state index in [2.05, 4.69) is 41.7 Å². The van der Waals surface area contributed by atoms with Crippen LogP contribution in [0.1, 0.15) is 42.6 Å². The first-order valence-corrected chi connectivity index (χ1v) is 9.52. The number of hydrogen-bond donors (Lipinski definition) is 3. The minimum atomic E-state index is -0.501. The van der Waals surface area contributed by atoms with Crippen molar-refractivity contribution in [3.8, 4) is 0 Å². The minimum Gasteiger partial charge on any atom is -0.300 e. The van der Waals surface area contributed by atoms with Crippen LogP contribution in [0.25, 0.3) is 0 Å². The molecule has 0 saturated carbocycles. The van der Waals surface area contributed by atoms with Gasteiger partial charge in [-0.1, -0.05) is 20.8 Å². The van der Waals surface area contributed by atoms with Crippen molar-refractivity contribution in [2.75, 3.05) is 5.32 Å². The van der Waals surface area contributed by atoms with Crippen LogP contribution in [0.2, 0.25) is 0 Å². The van der Waals surface area contributed by atoms with Crippen LogP contribution in [0.5, 0.6) is 0 Å². The first kappa shape index (κ1) is 21.6. The summed E-state index contributed by atoms with van der Waals surface area (Å²) < 4.78 is 19.8. The number of aromatic nitrogens is 4. The van der Waals surface area contributed by atoms with Crippen molar-refractivity contribution in [3.05, 3.63) is 51.6 Å². The minimum absolute atomic E-state index is 0.0514. The Morgan fingerprint density at radius 1 is 1.30 bits per heavy atom. The van der Waals surface area contributed by atoms with Crippen molar-refractivity contribution in [3.63, 3.8) is 0 Å². The average molecular weight is 480 g/mol. The summed E-state index contributed by atoms with van der Waals surface area (Å²) in [6.45, 7) is 5.96. The van der Waals surface area contributed by atoms with Crippen LogP contribution >= 0.6 is 15.9 Å². The monoisotopic (exact) mass is 479 g/mol. The number of nitrogens with zero attached hydrogens (tertiary/aromatic N) is 5. The lowest BCUT2D eigenvalue weighted by Gasteiger charge is -2.13.